The highest BCUT2D eigenvalue weighted by Gasteiger charge is 2.33. The number of sulfonamides is 1. The number of benzene rings is 3. The normalized spacial score (nSPS) is 14.4. The fraction of sp³-hybridized carbons (Fsp3) is 0.207. The minimum Gasteiger partial charge on any atom is -0.332 e. The molecule has 1 saturated heterocycles. The predicted molar refractivity (Wildman–Crippen MR) is 155 cm³/mol. The molecule has 1 aromatic heterocycles. The predicted octanol–water partition coefficient (Wildman–Crippen LogP) is 4.75. The Hall–Kier alpha value is -3.60. The maximum Gasteiger partial charge on any atom is 0.313 e. The lowest BCUT2D eigenvalue weighted by atomic mass is 10.00. The molecular formula is C29H27BrN4O4S. The molecule has 1 aliphatic heterocycles. The molecule has 2 amide bonds. The van der Waals surface area contributed by atoms with E-state index in [4.69, 9.17) is 0 Å². The SMILES string of the molecule is Cc1cnc2c(S(=O)(=O)N3CCN(C(=O)C(=O)Nc4ccc(-c5ccc(Br)cc5)c(C)c4)CC3)cccc2c1. The lowest BCUT2D eigenvalue weighted by molar-refractivity contribution is -0.143. The van der Waals surface area contributed by atoms with Gasteiger partial charge in [0.15, 0.2) is 0 Å². The van der Waals surface area contributed by atoms with Crippen molar-refractivity contribution in [3.05, 3.63) is 88.5 Å². The van der Waals surface area contributed by atoms with Crippen molar-refractivity contribution in [3.8, 4) is 11.1 Å². The fourth-order valence-electron chi connectivity index (χ4n) is 4.74. The highest BCUT2D eigenvalue weighted by molar-refractivity contribution is 9.10. The summed E-state index contributed by atoms with van der Waals surface area (Å²) in [5.74, 6) is -1.44. The largest absolute Gasteiger partial charge is 0.332 e. The van der Waals surface area contributed by atoms with Gasteiger partial charge in [-0.15, -0.1) is 0 Å². The molecule has 3 aromatic carbocycles. The van der Waals surface area contributed by atoms with Crippen LogP contribution in [-0.4, -0.2) is 60.6 Å². The van der Waals surface area contributed by atoms with Gasteiger partial charge in [-0.05, 0) is 72.5 Å². The number of pyridine rings is 1. The number of hydrogen-bond acceptors (Lipinski definition) is 5. The van der Waals surface area contributed by atoms with E-state index in [1.165, 1.54) is 9.21 Å². The summed E-state index contributed by atoms with van der Waals surface area (Å²) in [6, 6.07) is 20.4. The Labute approximate surface area is 235 Å². The first-order valence-corrected chi connectivity index (χ1v) is 14.7. The van der Waals surface area contributed by atoms with Gasteiger partial charge in [-0.3, -0.25) is 14.6 Å². The number of carbonyl (C=O) groups is 2. The molecule has 1 N–H and O–H groups in total. The van der Waals surface area contributed by atoms with Gasteiger partial charge >= 0.3 is 11.8 Å². The van der Waals surface area contributed by atoms with E-state index in [1.807, 2.05) is 62.4 Å². The maximum absolute atomic E-state index is 13.4. The molecule has 0 radical (unpaired) electrons. The second-order valence-electron chi connectivity index (χ2n) is 9.53. The summed E-state index contributed by atoms with van der Waals surface area (Å²) < 4.78 is 29.2. The molecule has 1 aliphatic rings. The van der Waals surface area contributed by atoms with Gasteiger partial charge < -0.3 is 10.2 Å². The molecule has 8 nitrogen and oxygen atoms in total. The first-order valence-electron chi connectivity index (χ1n) is 12.5. The maximum atomic E-state index is 13.4. The number of nitrogens with zero attached hydrogens (tertiary/aromatic N) is 3. The van der Waals surface area contributed by atoms with Crippen LogP contribution in [0.3, 0.4) is 0 Å². The molecule has 5 rings (SSSR count). The van der Waals surface area contributed by atoms with E-state index in [9.17, 15) is 18.0 Å². The van der Waals surface area contributed by atoms with Crippen LogP contribution in [0.5, 0.6) is 0 Å². The molecule has 0 spiro atoms. The number of rotatable bonds is 4. The zero-order chi connectivity index (χ0) is 27.7. The number of piperazine rings is 1. The zero-order valence-corrected chi connectivity index (χ0v) is 23.9. The van der Waals surface area contributed by atoms with Gasteiger partial charge in [0, 0.05) is 47.9 Å². The Morgan fingerprint density at radius 1 is 0.923 bits per heavy atom. The molecule has 0 saturated carbocycles. The van der Waals surface area contributed by atoms with Crippen LogP contribution < -0.4 is 5.32 Å². The minimum atomic E-state index is -3.82. The van der Waals surface area contributed by atoms with Gasteiger partial charge in [0.05, 0.1) is 5.52 Å². The van der Waals surface area contributed by atoms with Crippen LogP contribution in [0.2, 0.25) is 0 Å². The molecule has 0 aliphatic carbocycles. The Morgan fingerprint density at radius 3 is 2.33 bits per heavy atom. The lowest BCUT2D eigenvalue weighted by Gasteiger charge is -2.33. The molecule has 39 heavy (non-hydrogen) atoms. The number of amides is 2. The Bertz CT molecular complexity index is 1680. The summed E-state index contributed by atoms with van der Waals surface area (Å²) in [5, 5.41) is 3.43. The standard InChI is InChI=1S/C29H27BrN4O4S/c1-19-16-22-4-3-5-26(27(22)31-18-19)39(37,38)34-14-12-33(13-15-34)29(36)28(35)32-24-10-11-25(20(2)17-24)21-6-8-23(30)9-7-21/h3-11,16-18H,12-15H2,1-2H3,(H,32,35). The van der Waals surface area contributed by atoms with E-state index < -0.39 is 21.8 Å². The molecule has 0 bridgehead atoms. The van der Waals surface area contributed by atoms with E-state index in [0.717, 1.165) is 32.1 Å². The van der Waals surface area contributed by atoms with Gasteiger partial charge in [0.1, 0.15) is 4.90 Å². The Balaban J connectivity index is 1.23. The van der Waals surface area contributed by atoms with Crippen molar-refractivity contribution in [1.82, 2.24) is 14.2 Å². The highest BCUT2D eigenvalue weighted by Crippen LogP contribution is 2.28. The summed E-state index contributed by atoms with van der Waals surface area (Å²) in [4.78, 5) is 31.5. The molecule has 0 atom stereocenters. The summed E-state index contributed by atoms with van der Waals surface area (Å²) in [7, 11) is -3.82. The number of fused-ring (bicyclic) bond motifs is 1. The molecule has 200 valence electrons. The van der Waals surface area contributed by atoms with E-state index in [-0.39, 0.29) is 31.1 Å². The molecule has 10 heteroatoms. The molecule has 1 fully saturated rings. The van der Waals surface area contributed by atoms with Crippen molar-refractivity contribution in [2.24, 2.45) is 0 Å². The number of para-hydroxylation sites is 1. The average molecular weight is 608 g/mol. The molecular weight excluding hydrogens is 580 g/mol. The smallest absolute Gasteiger partial charge is 0.313 e. The third-order valence-corrected chi connectivity index (χ3v) is 9.25. The number of nitrogens with one attached hydrogen (secondary N) is 1. The summed E-state index contributed by atoms with van der Waals surface area (Å²) in [6.45, 7) is 4.26. The number of halogens is 1. The molecule has 2 heterocycles. The second kappa shape index (κ2) is 10.9. The number of hydrogen-bond donors (Lipinski definition) is 1. The van der Waals surface area contributed by atoms with Crippen LogP contribution in [-0.2, 0) is 19.6 Å². The first-order chi connectivity index (χ1) is 18.6. The van der Waals surface area contributed by atoms with Crippen molar-refractivity contribution in [1.29, 1.82) is 0 Å². The van der Waals surface area contributed by atoms with Gasteiger partial charge in [-0.1, -0.05) is 46.3 Å². The first kappa shape index (κ1) is 27.0. The van der Waals surface area contributed by atoms with E-state index in [0.29, 0.717) is 11.2 Å². The van der Waals surface area contributed by atoms with Gasteiger partial charge in [-0.25, -0.2) is 8.42 Å². The van der Waals surface area contributed by atoms with Crippen molar-refractivity contribution in [2.45, 2.75) is 18.7 Å². The van der Waals surface area contributed by atoms with Crippen LogP contribution in [0, 0.1) is 13.8 Å². The number of aryl methyl sites for hydroxylation is 2. The Morgan fingerprint density at radius 2 is 1.64 bits per heavy atom. The van der Waals surface area contributed by atoms with Crippen molar-refractivity contribution in [2.75, 3.05) is 31.5 Å². The summed E-state index contributed by atoms with van der Waals surface area (Å²) in [6.07, 6.45) is 1.65. The van der Waals surface area contributed by atoms with Gasteiger partial charge in [-0.2, -0.15) is 4.31 Å². The van der Waals surface area contributed by atoms with E-state index >= 15 is 0 Å². The van der Waals surface area contributed by atoms with E-state index in [2.05, 4.69) is 26.2 Å². The highest BCUT2D eigenvalue weighted by atomic mass is 79.9. The second-order valence-corrected chi connectivity index (χ2v) is 12.3. The minimum absolute atomic E-state index is 0.0879. The van der Waals surface area contributed by atoms with Crippen LogP contribution in [0.1, 0.15) is 11.1 Å². The number of aromatic nitrogens is 1. The Kier molecular flexibility index (Phi) is 7.53. The zero-order valence-electron chi connectivity index (χ0n) is 21.5. The van der Waals surface area contributed by atoms with Gasteiger partial charge in [0.2, 0.25) is 10.0 Å². The molecule has 4 aromatic rings. The van der Waals surface area contributed by atoms with Crippen LogP contribution in [0.25, 0.3) is 22.0 Å². The number of anilines is 1. The monoisotopic (exact) mass is 606 g/mol. The third-order valence-electron chi connectivity index (χ3n) is 6.79. The average Bonchev–Trinajstić information content (AvgIpc) is 2.93. The van der Waals surface area contributed by atoms with E-state index in [1.54, 1.807) is 24.4 Å². The van der Waals surface area contributed by atoms with Crippen molar-refractivity contribution >= 4 is 54.4 Å². The van der Waals surface area contributed by atoms with Crippen molar-refractivity contribution < 1.29 is 18.0 Å². The number of carbonyl (C=O) groups excluding carboxylic acids is 2. The van der Waals surface area contributed by atoms with Crippen molar-refractivity contribution in [3.63, 3.8) is 0 Å². The third kappa shape index (κ3) is 5.59. The summed E-state index contributed by atoms with van der Waals surface area (Å²) >= 11 is 3.44. The van der Waals surface area contributed by atoms with Crippen LogP contribution in [0.15, 0.2) is 82.3 Å². The molecule has 0 unspecified atom stereocenters. The summed E-state index contributed by atoms with van der Waals surface area (Å²) in [5.41, 5.74) is 4.92. The quantitative estimate of drug-likeness (QED) is 0.338. The van der Waals surface area contributed by atoms with Crippen LogP contribution >= 0.6 is 15.9 Å². The van der Waals surface area contributed by atoms with Gasteiger partial charge in [0.25, 0.3) is 0 Å². The van der Waals surface area contributed by atoms with Crippen LogP contribution in [0.4, 0.5) is 5.69 Å². The lowest BCUT2D eigenvalue weighted by Crippen LogP contribution is -2.52. The topological polar surface area (TPSA) is 99.7 Å². The fourth-order valence-corrected chi connectivity index (χ4v) is 6.60.